The quantitative estimate of drug-likeness (QED) is 0.371. The van der Waals surface area contributed by atoms with Gasteiger partial charge in [-0.25, -0.2) is 0 Å². The van der Waals surface area contributed by atoms with Crippen molar-refractivity contribution in [2.45, 2.75) is 12.8 Å². The first-order valence-corrected chi connectivity index (χ1v) is 9.59. The standard InChI is InChI=1S/C14H10O.C13H12/c15-14-12-7-3-1-5-10(12)9-11-6-2-4-8-13(11)14;1-3-7-12(8-4-1)11-13-9-5-2-6-10-13/h1-8H,9H2;1-10H,11H2. The fourth-order valence-corrected chi connectivity index (χ4v) is 3.57. The summed E-state index contributed by atoms with van der Waals surface area (Å²) in [4.78, 5) is 12.1. The first-order chi connectivity index (χ1) is 13.8. The van der Waals surface area contributed by atoms with E-state index >= 15 is 0 Å². The van der Waals surface area contributed by atoms with Crippen molar-refractivity contribution in [2.24, 2.45) is 0 Å². The SMILES string of the molecule is O=C1c2ccccc2Cc2ccccc21.c1ccc(Cc2ccccc2)cc1. The summed E-state index contributed by atoms with van der Waals surface area (Å²) >= 11 is 0. The fourth-order valence-electron chi connectivity index (χ4n) is 3.57. The van der Waals surface area contributed by atoms with E-state index < -0.39 is 0 Å². The molecule has 0 amide bonds. The van der Waals surface area contributed by atoms with Crippen LogP contribution in [0.2, 0.25) is 0 Å². The second kappa shape index (κ2) is 8.49. The van der Waals surface area contributed by atoms with Crippen molar-refractivity contribution < 1.29 is 4.79 Å². The summed E-state index contributed by atoms with van der Waals surface area (Å²) in [7, 11) is 0. The Morgan fingerprint density at radius 2 is 0.893 bits per heavy atom. The Bertz CT molecular complexity index is 980. The average Bonchev–Trinajstić information content (AvgIpc) is 2.76. The molecule has 5 rings (SSSR count). The van der Waals surface area contributed by atoms with Gasteiger partial charge in [-0.1, -0.05) is 109 Å². The minimum absolute atomic E-state index is 0.160. The first-order valence-electron chi connectivity index (χ1n) is 9.59. The number of carbonyl (C=O) groups is 1. The van der Waals surface area contributed by atoms with E-state index in [1.54, 1.807) is 0 Å². The molecule has 0 N–H and O–H groups in total. The third kappa shape index (κ3) is 4.10. The summed E-state index contributed by atoms with van der Waals surface area (Å²) in [5.41, 5.74) is 6.73. The Kier molecular flexibility index (Phi) is 5.44. The van der Waals surface area contributed by atoms with Crippen LogP contribution in [0.25, 0.3) is 0 Å². The van der Waals surface area contributed by atoms with Crippen molar-refractivity contribution in [3.05, 3.63) is 143 Å². The van der Waals surface area contributed by atoms with E-state index in [1.807, 2.05) is 48.5 Å². The van der Waals surface area contributed by atoms with Crippen LogP contribution in [0.3, 0.4) is 0 Å². The highest BCUT2D eigenvalue weighted by Gasteiger charge is 2.21. The van der Waals surface area contributed by atoms with Gasteiger partial charge in [-0.05, 0) is 35.1 Å². The molecule has 0 fully saturated rings. The van der Waals surface area contributed by atoms with E-state index in [2.05, 4.69) is 60.7 Å². The van der Waals surface area contributed by atoms with Crippen LogP contribution >= 0.6 is 0 Å². The first kappa shape index (κ1) is 17.9. The lowest BCUT2D eigenvalue weighted by Gasteiger charge is -2.17. The molecular weight excluding hydrogens is 340 g/mol. The predicted octanol–water partition coefficient (Wildman–Crippen LogP) is 6.10. The summed E-state index contributed by atoms with van der Waals surface area (Å²) in [5, 5.41) is 0. The zero-order chi connectivity index (χ0) is 19.2. The second-order valence-corrected chi connectivity index (χ2v) is 6.97. The molecule has 4 aromatic rings. The third-order valence-corrected chi connectivity index (χ3v) is 5.00. The molecule has 136 valence electrons. The predicted molar refractivity (Wildman–Crippen MR) is 115 cm³/mol. The molecule has 1 aliphatic rings. The highest BCUT2D eigenvalue weighted by atomic mass is 16.1. The fraction of sp³-hybridized carbons (Fsp3) is 0.0741. The maximum Gasteiger partial charge on any atom is 0.193 e. The lowest BCUT2D eigenvalue weighted by molar-refractivity contribution is 0.103. The zero-order valence-electron chi connectivity index (χ0n) is 15.7. The number of hydrogen-bond acceptors (Lipinski definition) is 1. The van der Waals surface area contributed by atoms with Crippen molar-refractivity contribution in [2.75, 3.05) is 0 Å². The van der Waals surface area contributed by atoms with E-state index in [1.165, 1.54) is 11.1 Å². The summed E-state index contributed by atoms with van der Waals surface area (Å²) in [6, 6.07) is 36.8. The highest BCUT2D eigenvalue weighted by molar-refractivity contribution is 6.12. The molecule has 0 heterocycles. The highest BCUT2D eigenvalue weighted by Crippen LogP contribution is 2.26. The molecule has 1 heteroatoms. The van der Waals surface area contributed by atoms with Crippen LogP contribution in [-0.2, 0) is 12.8 Å². The molecular formula is C27H22O. The van der Waals surface area contributed by atoms with Gasteiger partial charge in [-0.15, -0.1) is 0 Å². The molecule has 0 unspecified atom stereocenters. The Hall–Kier alpha value is -3.45. The maximum atomic E-state index is 12.1. The molecule has 0 aromatic heterocycles. The van der Waals surface area contributed by atoms with Gasteiger partial charge in [0.25, 0.3) is 0 Å². The number of rotatable bonds is 2. The Balaban J connectivity index is 0.000000139. The largest absolute Gasteiger partial charge is 0.289 e. The summed E-state index contributed by atoms with van der Waals surface area (Å²) in [6.07, 6.45) is 1.90. The molecule has 1 aliphatic carbocycles. The molecule has 1 nitrogen and oxygen atoms in total. The van der Waals surface area contributed by atoms with Gasteiger partial charge in [0.15, 0.2) is 5.78 Å². The molecule has 0 aliphatic heterocycles. The summed E-state index contributed by atoms with van der Waals surface area (Å²) in [6.45, 7) is 0. The van der Waals surface area contributed by atoms with E-state index in [0.717, 1.165) is 35.1 Å². The van der Waals surface area contributed by atoms with Crippen LogP contribution in [0.5, 0.6) is 0 Å². The number of carbonyl (C=O) groups excluding carboxylic acids is 1. The minimum Gasteiger partial charge on any atom is -0.289 e. The van der Waals surface area contributed by atoms with Crippen LogP contribution in [-0.4, -0.2) is 5.78 Å². The van der Waals surface area contributed by atoms with Gasteiger partial charge in [0, 0.05) is 11.1 Å². The van der Waals surface area contributed by atoms with Gasteiger partial charge in [0.1, 0.15) is 0 Å². The zero-order valence-corrected chi connectivity index (χ0v) is 15.7. The Morgan fingerprint density at radius 3 is 1.36 bits per heavy atom. The average molecular weight is 362 g/mol. The molecule has 0 bridgehead atoms. The van der Waals surface area contributed by atoms with Crippen molar-refractivity contribution >= 4 is 5.78 Å². The molecule has 0 radical (unpaired) electrons. The molecule has 0 saturated carbocycles. The van der Waals surface area contributed by atoms with Crippen molar-refractivity contribution in [1.29, 1.82) is 0 Å². The van der Waals surface area contributed by atoms with Gasteiger partial charge in [-0.3, -0.25) is 4.79 Å². The molecule has 0 atom stereocenters. The van der Waals surface area contributed by atoms with Crippen LogP contribution in [0, 0.1) is 0 Å². The smallest absolute Gasteiger partial charge is 0.193 e. The Morgan fingerprint density at radius 1 is 0.500 bits per heavy atom. The maximum absolute atomic E-state index is 12.1. The van der Waals surface area contributed by atoms with Crippen LogP contribution in [0.15, 0.2) is 109 Å². The van der Waals surface area contributed by atoms with Crippen molar-refractivity contribution in [1.82, 2.24) is 0 Å². The number of hydrogen-bond donors (Lipinski definition) is 0. The molecule has 28 heavy (non-hydrogen) atoms. The van der Waals surface area contributed by atoms with E-state index in [9.17, 15) is 4.79 Å². The lowest BCUT2D eigenvalue weighted by atomic mass is 9.85. The van der Waals surface area contributed by atoms with Gasteiger partial charge in [0.05, 0.1) is 0 Å². The summed E-state index contributed by atoms with van der Waals surface area (Å²) in [5.74, 6) is 0.160. The lowest BCUT2D eigenvalue weighted by Crippen LogP contribution is -2.14. The van der Waals surface area contributed by atoms with Crippen LogP contribution in [0.1, 0.15) is 38.2 Å². The van der Waals surface area contributed by atoms with Gasteiger partial charge < -0.3 is 0 Å². The summed E-state index contributed by atoms with van der Waals surface area (Å²) < 4.78 is 0. The van der Waals surface area contributed by atoms with E-state index in [-0.39, 0.29) is 5.78 Å². The molecule has 4 aromatic carbocycles. The molecule has 0 saturated heterocycles. The topological polar surface area (TPSA) is 17.1 Å². The van der Waals surface area contributed by atoms with Gasteiger partial charge in [-0.2, -0.15) is 0 Å². The Labute approximate surface area is 166 Å². The number of fused-ring (bicyclic) bond motifs is 2. The monoisotopic (exact) mass is 362 g/mol. The van der Waals surface area contributed by atoms with E-state index in [4.69, 9.17) is 0 Å². The third-order valence-electron chi connectivity index (χ3n) is 5.00. The van der Waals surface area contributed by atoms with Crippen LogP contribution in [0.4, 0.5) is 0 Å². The van der Waals surface area contributed by atoms with Crippen molar-refractivity contribution in [3.63, 3.8) is 0 Å². The number of benzene rings is 4. The van der Waals surface area contributed by atoms with Gasteiger partial charge >= 0.3 is 0 Å². The van der Waals surface area contributed by atoms with Crippen LogP contribution < -0.4 is 0 Å². The second-order valence-electron chi connectivity index (χ2n) is 6.97. The normalized spacial score (nSPS) is 11.6. The number of ketones is 1. The van der Waals surface area contributed by atoms with E-state index in [0.29, 0.717) is 0 Å². The van der Waals surface area contributed by atoms with Crippen molar-refractivity contribution in [3.8, 4) is 0 Å². The minimum atomic E-state index is 0.160. The molecule has 0 spiro atoms. The van der Waals surface area contributed by atoms with Gasteiger partial charge in [0.2, 0.25) is 0 Å².